The molecule has 0 bridgehead atoms. The molecule has 2 aromatic rings. The fraction of sp³-hybridized carbons (Fsp3) is 0.533. The Labute approximate surface area is 129 Å². The van der Waals surface area contributed by atoms with Crippen LogP contribution >= 0.6 is 0 Å². The highest BCUT2D eigenvalue weighted by molar-refractivity contribution is 5.94. The van der Waals surface area contributed by atoms with Gasteiger partial charge in [0.25, 0.3) is 5.91 Å². The first-order chi connectivity index (χ1) is 10.6. The number of rotatable bonds is 4. The molecule has 3 rings (SSSR count). The predicted octanol–water partition coefficient (Wildman–Crippen LogP) is 0.834. The maximum absolute atomic E-state index is 12.2. The number of carbonyl (C=O) groups excluding carboxylic acids is 1. The molecule has 1 N–H and O–H groups in total. The van der Waals surface area contributed by atoms with Crippen LogP contribution in [-0.2, 0) is 13.6 Å². The van der Waals surface area contributed by atoms with Crippen molar-refractivity contribution in [2.24, 2.45) is 7.05 Å². The van der Waals surface area contributed by atoms with E-state index in [0.717, 1.165) is 31.7 Å². The van der Waals surface area contributed by atoms with Gasteiger partial charge in [-0.2, -0.15) is 5.10 Å². The summed E-state index contributed by atoms with van der Waals surface area (Å²) >= 11 is 0. The molecule has 1 unspecified atom stereocenters. The van der Waals surface area contributed by atoms with E-state index in [1.807, 2.05) is 24.1 Å². The zero-order valence-electron chi connectivity index (χ0n) is 13.3. The van der Waals surface area contributed by atoms with Crippen molar-refractivity contribution in [3.63, 3.8) is 0 Å². The van der Waals surface area contributed by atoms with Crippen molar-refractivity contribution in [1.82, 2.24) is 29.5 Å². The van der Waals surface area contributed by atoms with Crippen LogP contribution in [0.1, 0.15) is 34.1 Å². The maximum Gasteiger partial charge on any atom is 0.256 e. The number of imidazole rings is 1. The largest absolute Gasteiger partial charge is 0.345 e. The Morgan fingerprint density at radius 3 is 2.95 bits per heavy atom. The van der Waals surface area contributed by atoms with E-state index in [1.165, 1.54) is 5.69 Å². The van der Waals surface area contributed by atoms with Crippen molar-refractivity contribution in [2.45, 2.75) is 18.9 Å². The molecule has 1 amide bonds. The summed E-state index contributed by atoms with van der Waals surface area (Å²) in [6.45, 7) is 2.84. The zero-order valence-corrected chi connectivity index (χ0v) is 13.3. The Morgan fingerprint density at radius 1 is 1.45 bits per heavy atom. The number of aromatic amines is 1. The topological polar surface area (TPSA) is 70.1 Å². The van der Waals surface area contributed by atoms with Crippen LogP contribution in [0, 0.1) is 0 Å². The van der Waals surface area contributed by atoms with Gasteiger partial charge in [0.05, 0.1) is 29.5 Å². The van der Waals surface area contributed by atoms with Gasteiger partial charge in [-0.05, 0) is 13.0 Å². The number of H-pyrrole nitrogens is 1. The first kappa shape index (κ1) is 14.8. The monoisotopic (exact) mass is 302 g/mol. The molecule has 1 aliphatic rings. The van der Waals surface area contributed by atoms with E-state index in [1.54, 1.807) is 25.2 Å². The summed E-state index contributed by atoms with van der Waals surface area (Å²) in [7, 11) is 5.55. The van der Waals surface area contributed by atoms with E-state index in [4.69, 9.17) is 0 Å². The van der Waals surface area contributed by atoms with Crippen molar-refractivity contribution >= 4 is 5.91 Å². The quantitative estimate of drug-likeness (QED) is 0.908. The third kappa shape index (κ3) is 2.76. The Bertz CT molecular complexity index is 659. The van der Waals surface area contributed by atoms with Crippen molar-refractivity contribution in [1.29, 1.82) is 0 Å². The Kier molecular flexibility index (Phi) is 3.98. The number of amides is 1. The van der Waals surface area contributed by atoms with Gasteiger partial charge in [-0.25, -0.2) is 4.98 Å². The minimum atomic E-state index is 0.00818. The molecule has 22 heavy (non-hydrogen) atoms. The van der Waals surface area contributed by atoms with Crippen LogP contribution in [0.25, 0.3) is 0 Å². The number of aromatic nitrogens is 4. The molecule has 7 nitrogen and oxygen atoms in total. The van der Waals surface area contributed by atoms with Gasteiger partial charge in [0.1, 0.15) is 0 Å². The number of aryl methyl sites for hydroxylation is 1. The molecule has 1 saturated heterocycles. The highest BCUT2D eigenvalue weighted by Crippen LogP contribution is 2.29. The lowest BCUT2D eigenvalue weighted by Crippen LogP contribution is -2.24. The summed E-state index contributed by atoms with van der Waals surface area (Å²) in [5.41, 5.74) is 2.86. The SMILES string of the molecule is CN(C)C(=O)c1cn[nH]c1C1CCN(Cc2cncn2C)C1. The average Bonchev–Trinajstić information content (AvgIpc) is 3.20. The minimum absolute atomic E-state index is 0.00818. The van der Waals surface area contributed by atoms with E-state index in [-0.39, 0.29) is 5.91 Å². The van der Waals surface area contributed by atoms with Gasteiger partial charge in [0.2, 0.25) is 0 Å². The summed E-state index contributed by atoms with van der Waals surface area (Å²) < 4.78 is 2.05. The van der Waals surface area contributed by atoms with E-state index in [9.17, 15) is 4.79 Å². The minimum Gasteiger partial charge on any atom is -0.345 e. The third-order valence-corrected chi connectivity index (χ3v) is 4.29. The second kappa shape index (κ2) is 5.92. The van der Waals surface area contributed by atoms with E-state index >= 15 is 0 Å². The van der Waals surface area contributed by atoms with E-state index in [0.29, 0.717) is 11.5 Å². The number of carbonyl (C=O) groups is 1. The molecule has 0 spiro atoms. The van der Waals surface area contributed by atoms with Crippen molar-refractivity contribution < 1.29 is 4.79 Å². The molecule has 7 heteroatoms. The van der Waals surface area contributed by atoms with Crippen LogP contribution in [0.15, 0.2) is 18.7 Å². The molecule has 0 radical (unpaired) electrons. The maximum atomic E-state index is 12.2. The Balaban J connectivity index is 1.70. The summed E-state index contributed by atoms with van der Waals surface area (Å²) in [6.07, 6.45) is 6.41. The van der Waals surface area contributed by atoms with Gasteiger partial charge in [-0.3, -0.25) is 14.8 Å². The van der Waals surface area contributed by atoms with Gasteiger partial charge in [0.15, 0.2) is 0 Å². The van der Waals surface area contributed by atoms with Crippen molar-refractivity contribution in [2.75, 3.05) is 27.2 Å². The lowest BCUT2D eigenvalue weighted by atomic mass is 10.0. The van der Waals surface area contributed by atoms with Gasteiger partial charge < -0.3 is 9.47 Å². The molecule has 0 saturated carbocycles. The number of nitrogens with zero attached hydrogens (tertiary/aromatic N) is 5. The fourth-order valence-corrected chi connectivity index (χ4v) is 3.00. The van der Waals surface area contributed by atoms with Crippen LogP contribution in [0.3, 0.4) is 0 Å². The molecule has 2 aromatic heterocycles. The summed E-state index contributed by atoms with van der Waals surface area (Å²) in [4.78, 5) is 20.4. The Morgan fingerprint density at radius 2 is 2.27 bits per heavy atom. The molecule has 1 aliphatic heterocycles. The molecule has 0 aromatic carbocycles. The molecule has 0 aliphatic carbocycles. The first-order valence-corrected chi connectivity index (χ1v) is 7.48. The normalized spacial score (nSPS) is 18.8. The number of likely N-dealkylation sites (tertiary alicyclic amines) is 1. The lowest BCUT2D eigenvalue weighted by molar-refractivity contribution is 0.0826. The van der Waals surface area contributed by atoms with Crippen LogP contribution in [0.2, 0.25) is 0 Å². The second-order valence-electron chi connectivity index (χ2n) is 6.11. The smallest absolute Gasteiger partial charge is 0.256 e. The molecular weight excluding hydrogens is 280 g/mol. The standard InChI is InChI=1S/C15H22N6O/c1-19(2)15(22)13-7-17-18-14(13)11-4-5-21(8-11)9-12-6-16-10-20(12)3/h6-7,10-11H,4-5,8-9H2,1-3H3,(H,17,18). The zero-order chi connectivity index (χ0) is 15.7. The first-order valence-electron chi connectivity index (χ1n) is 7.48. The summed E-state index contributed by atoms with van der Waals surface area (Å²) in [6, 6.07) is 0. The van der Waals surface area contributed by atoms with Gasteiger partial charge in [0, 0.05) is 46.3 Å². The molecule has 118 valence electrons. The molecule has 3 heterocycles. The highest BCUT2D eigenvalue weighted by atomic mass is 16.2. The van der Waals surface area contributed by atoms with Crippen LogP contribution in [0.4, 0.5) is 0 Å². The van der Waals surface area contributed by atoms with Crippen LogP contribution in [0.5, 0.6) is 0 Å². The van der Waals surface area contributed by atoms with Gasteiger partial charge in [-0.15, -0.1) is 0 Å². The van der Waals surface area contributed by atoms with Crippen LogP contribution in [-0.4, -0.2) is 62.6 Å². The van der Waals surface area contributed by atoms with Crippen molar-refractivity contribution in [3.8, 4) is 0 Å². The summed E-state index contributed by atoms with van der Waals surface area (Å²) in [5, 5.41) is 7.11. The number of hydrogen-bond acceptors (Lipinski definition) is 4. The van der Waals surface area contributed by atoms with E-state index in [2.05, 4.69) is 20.1 Å². The van der Waals surface area contributed by atoms with Crippen LogP contribution < -0.4 is 0 Å². The lowest BCUT2D eigenvalue weighted by Gasteiger charge is -2.16. The van der Waals surface area contributed by atoms with Gasteiger partial charge >= 0.3 is 0 Å². The fourth-order valence-electron chi connectivity index (χ4n) is 3.00. The summed E-state index contributed by atoms with van der Waals surface area (Å²) in [5.74, 6) is 0.337. The molecule has 1 atom stereocenters. The van der Waals surface area contributed by atoms with E-state index < -0.39 is 0 Å². The third-order valence-electron chi connectivity index (χ3n) is 4.29. The number of nitrogens with one attached hydrogen (secondary N) is 1. The Hall–Kier alpha value is -2.15. The highest BCUT2D eigenvalue weighted by Gasteiger charge is 2.29. The van der Waals surface area contributed by atoms with Crippen molar-refractivity contribution in [3.05, 3.63) is 35.7 Å². The number of hydrogen-bond donors (Lipinski definition) is 1. The second-order valence-corrected chi connectivity index (χ2v) is 6.11. The van der Waals surface area contributed by atoms with Gasteiger partial charge in [-0.1, -0.05) is 0 Å². The molecular formula is C15H22N6O. The molecule has 1 fully saturated rings. The predicted molar refractivity (Wildman–Crippen MR) is 82.4 cm³/mol. The average molecular weight is 302 g/mol.